The fourth-order valence-corrected chi connectivity index (χ4v) is 3.36. The van der Waals surface area contributed by atoms with Crippen LogP contribution in [0.15, 0.2) is 52.1 Å². The van der Waals surface area contributed by atoms with Gasteiger partial charge in [0.2, 0.25) is 5.89 Å². The summed E-state index contributed by atoms with van der Waals surface area (Å²) in [5, 5.41) is 8.31. The lowest BCUT2D eigenvalue weighted by molar-refractivity contribution is 0.0993. The minimum absolute atomic E-state index is 0.0711. The molecule has 3 rings (SSSR count). The van der Waals surface area contributed by atoms with Gasteiger partial charge in [-0.25, -0.2) is 0 Å². The highest BCUT2D eigenvalue weighted by atomic mass is 32.2. The average molecular weight is 352 g/mol. The van der Waals surface area contributed by atoms with Gasteiger partial charge in [0.1, 0.15) is 0 Å². The Balaban J connectivity index is 1.78. The van der Waals surface area contributed by atoms with Crippen molar-refractivity contribution < 1.29 is 9.21 Å². The normalized spacial score (nSPS) is 12.2. The molecule has 5 heteroatoms. The molecule has 128 valence electrons. The van der Waals surface area contributed by atoms with Crippen LogP contribution in [0.25, 0.3) is 11.5 Å². The number of hydrogen-bond donors (Lipinski definition) is 0. The van der Waals surface area contributed by atoms with E-state index in [9.17, 15) is 4.79 Å². The molecule has 2 aromatic carbocycles. The molecule has 25 heavy (non-hydrogen) atoms. The number of carbonyl (C=O) groups is 1. The number of hydrogen-bond acceptors (Lipinski definition) is 5. The number of Topliss-reactive ketones (excluding diaryl/α,β-unsaturated/α-hetero) is 1. The van der Waals surface area contributed by atoms with Crippen LogP contribution >= 0.6 is 11.8 Å². The topological polar surface area (TPSA) is 56.0 Å². The van der Waals surface area contributed by atoms with Gasteiger partial charge in [-0.05, 0) is 51.0 Å². The smallest absolute Gasteiger partial charge is 0.277 e. The molecule has 0 fully saturated rings. The largest absolute Gasteiger partial charge is 0.411 e. The minimum atomic E-state index is -0.300. The molecular formula is C20H20N2O2S. The molecule has 0 spiro atoms. The fraction of sp³-hybridized carbons (Fsp3) is 0.250. The average Bonchev–Trinajstić information content (AvgIpc) is 3.05. The summed E-state index contributed by atoms with van der Waals surface area (Å²) in [5.74, 6) is 0.550. The molecule has 0 aliphatic rings. The molecular weight excluding hydrogens is 332 g/mol. The van der Waals surface area contributed by atoms with Crippen LogP contribution in [-0.4, -0.2) is 21.2 Å². The zero-order chi connectivity index (χ0) is 18.0. The number of nitrogens with zero attached hydrogens (tertiary/aromatic N) is 2. The van der Waals surface area contributed by atoms with Gasteiger partial charge in [0.15, 0.2) is 5.78 Å². The predicted molar refractivity (Wildman–Crippen MR) is 100 cm³/mol. The van der Waals surface area contributed by atoms with Gasteiger partial charge in [0, 0.05) is 11.1 Å². The van der Waals surface area contributed by atoms with Crippen LogP contribution in [0.3, 0.4) is 0 Å². The first-order chi connectivity index (χ1) is 12.0. The van der Waals surface area contributed by atoms with E-state index in [1.54, 1.807) is 0 Å². The zero-order valence-electron chi connectivity index (χ0n) is 14.7. The van der Waals surface area contributed by atoms with Crippen molar-refractivity contribution in [2.24, 2.45) is 0 Å². The lowest BCUT2D eigenvalue weighted by Crippen LogP contribution is -2.15. The molecule has 0 unspecified atom stereocenters. The summed E-state index contributed by atoms with van der Waals surface area (Å²) in [7, 11) is 0. The second-order valence-electron chi connectivity index (χ2n) is 6.13. The highest BCUT2D eigenvalue weighted by Crippen LogP contribution is 2.29. The van der Waals surface area contributed by atoms with E-state index < -0.39 is 0 Å². The van der Waals surface area contributed by atoms with Crippen LogP contribution in [-0.2, 0) is 0 Å². The number of ketones is 1. The maximum Gasteiger partial charge on any atom is 0.277 e. The van der Waals surface area contributed by atoms with E-state index in [0.717, 1.165) is 27.8 Å². The highest BCUT2D eigenvalue weighted by Gasteiger charge is 2.21. The van der Waals surface area contributed by atoms with E-state index in [-0.39, 0.29) is 11.0 Å². The van der Waals surface area contributed by atoms with E-state index in [0.29, 0.717) is 11.1 Å². The van der Waals surface area contributed by atoms with Crippen molar-refractivity contribution >= 4 is 17.5 Å². The van der Waals surface area contributed by atoms with Crippen LogP contribution in [0.2, 0.25) is 0 Å². The van der Waals surface area contributed by atoms with E-state index in [2.05, 4.69) is 10.2 Å². The number of benzene rings is 2. The molecule has 3 aromatic rings. The van der Waals surface area contributed by atoms with Crippen molar-refractivity contribution in [2.75, 3.05) is 0 Å². The molecule has 0 N–H and O–H groups in total. The summed E-state index contributed by atoms with van der Waals surface area (Å²) in [4.78, 5) is 12.7. The molecule has 0 saturated carbocycles. The Hall–Kier alpha value is -2.40. The van der Waals surface area contributed by atoms with Crippen LogP contribution in [0.1, 0.15) is 34.0 Å². The summed E-state index contributed by atoms with van der Waals surface area (Å²) in [6, 6.07) is 13.8. The van der Waals surface area contributed by atoms with E-state index in [1.165, 1.54) is 11.8 Å². The third-order valence-corrected chi connectivity index (χ3v) is 5.02. The standard InChI is InChI=1S/C20H20N2O2S/c1-12-9-10-14(3)17(11-12)18(23)15(4)25-20-22-21-19(24-20)16-8-6-5-7-13(16)2/h5-11,15H,1-4H3/t15-/m0/s1. The van der Waals surface area contributed by atoms with Crippen molar-refractivity contribution in [3.63, 3.8) is 0 Å². The van der Waals surface area contributed by atoms with E-state index >= 15 is 0 Å². The van der Waals surface area contributed by atoms with Crippen molar-refractivity contribution in [3.05, 3.63) is 64.7 Å². The molecule has 1 heterocycles. The third kappa shape index (κ3) is 3.82. The Morgan fingerprint density at radius 1 is 1.04 bits per heavy atom. The lowest BCUT2D eigenvalue weighted by atomic mass is 10.0. The predicted octanol–water partition coefficient (Wildman–Crippen LogP) is 5.03. The molecule has 0 bridgehead atoms. The highest BCUT2D eigenvalue weighted by molar-refractivity contribution is 8.00. The molecule has 0 aliphatic heterocycles. The van der Waals surface area contributed by atoms with Gasteiger partial charge >= 0.3 is 0 Å². The summed E-state index contributed by atoms with van der Waals surface area (Å²) in [6.45, 7) is 7.80. The molecule has 1 aromatic heterocycles. The maximum atomic E-state index is 12.7. The minimum Gasteiger partial charge on any atom is -0.411 e. The van der Waals surface area contributed by atoms with Crippen LogP contribution in [0.5, 0.6) is 0 Å². The van der Waals surface area contributed by atoms with Crippen molar-refractivity contribution in [1.29, 1.82) is 0 Å². The Bertz CT molecular complexity index is 918. The molecule has 4 nitrogen and oxygen atoms in total. The second-order valence-corrected chi connectivity index (χ2v) is 7.42. The molecule has 0 aliphatic carbocycles. The summed E-state index contributed by atoms with van der Waals surface area (Å²) >= 11 is 1.29. The van der Waals surface area contributed by atoms with Gasteiger partial charge in [-0.3, -0.25) is 4.79 Å². The SMILES string of the molecule is Cc1ccc(C)c(C(=O)[C@H](C)Sc2nnc(-c3ccccc3C)o2)c1. The van der Waals surface area contributed by atoms with Gasteiger partial charge < -0.3 is 4.42 Å². The number of aryl methyl sites for hydroxylation is 3. The first kappa shape index (κ1) is 17.4. The van der Waals surface area contributed by atoms with Crippen LogP contribution < -0.4 is 0 Å². The Labute approximate surface area is 151 Å². The van der Waals surface area contributed by atoms with Gasteiger partial charge in [-0.1, -0.05) is 47.7 Å². The van der Waals surface area contributed by atoms with Crippen molar-refractivity contribution in [1.82, 2.24) is 10.2 Å². The summed E-state index contributed by atoms with van der Waals surface area (Å²) in [5.41, 5.74) is 4.79. The first-order valence-electron chi connectivity index (χ1n) is 8.13. The van der Waals surface area contributed by atoms with Gasteiger partial charge in [-0.15, -0.1) is 10.2 Å². The molecule has 1 atom stereocenters. The molecule has 0 radical (unpaired) electrons. The summed E-state index contributed by atoms with van der Waals surface area (Å²) < 4.78 is 5.75. The Morgan fingerprint density at radius 2 is 1.80 bits per heavy atom. The zero-order valence-corrected chi connectivity index (χ0v) is 15.6. The number of carbonyl (C=O) groups excluding carboxylic acids is 1. The Kier molecular flexibility index (Phi) is 5.04. The van der Waals surface area contributed by atoms with Crippen LogP contribution in [0.4, 0.5) is 0 Å². The Morgan fingerprint density at radius 3 is 2.56 bits per heavy atom. The number of thioether (sulfide) groups is 1. The lowest BCUT2D eigenvalue weighted by Gasteiger charge is -2.10. The molecule has 0 amide bonds. The van der Waals surface area contributed by atoms with Crippen molar-refractivity contribution in [3.8, 4) is 11.5 Å². The number of rotatable bonds is 5. The van der Waals surface area contributed by atoms with Crippen LogP contribution in [0, 0.1) is 20.8 Å². The van der Waals surface area contributed by atoms with Gasteiger partial charge in [0.25, 0.3) is 5.22 Å². The monoisotopic (exact) mass is 352 g/mol. The molecule has 0 saturated heterocycles. The summed E-state index contributed by atoms with van der Waals surface area (Å²) in [6.07, 6.45) is 0. The van der Waals surface area contributed by atoms with Gasteiger partial charge in [0.05, 0.1) is 5.25 Å². The fourth-order valence-electron chi connectivity index (χ4n) is 2.60. The van der Waals surface area contributed by atoms with E-state index in [1.807, 2.05) is 70.2 Å². The third-order valence-electron chi connectivity index (χ3n) is 4.09. The maximum absolute atomic E-state index is 12.7. The van der Waals surface area contributed by atoms with Crippen molar-refractivity contribution in [2.45, 2.75) is 38.2 Å². The quantitative estimate of drug-likeness (QED) is 0.476. The second kappa shape index (κ2) is 7.23. The first-order valence-corrected chi connectivity index (χ1v) is 9.01. The number of aromatic nitrogens is 2. The van der Waals surface area contributed by atoms with E-state index in [4.69, 9.17) is 4.42 Å². The van der Waals surface area contributed by atoms with Gasteiger partial charge in [-0.2, -0.15) is 0 Å².